The number of carbonyl (C=O) groups excluding carboxylic acids is 2. The lowest BCUT2D eigenvalue weighted by molar-refractivity contribution is 0.0701. The molecule has 0 bridgehead atoms. The fourth-order valence-corrected chi connectivity index (χ4v) is 6.37. The van der Waals surface area contributed by atoms with E-state index in [0.29, 0.717) is 30.2 Å². The summed E-state index contributed by atoms with van der Waals surface area (Å²) in [6, 6.07) is 7.17. The Hall–Kier alpha value is -2.17. The van der Waals surface area contributed by atoms with Gasteiger partial charge in [-0.3, -0.25) is 10.1 Å². The van der Waals surface area contributed by atoms with Gasteiger partial charge in [0.15, 0.2) is 0 Å². The van der Waals surface area contributed by atoms with Crippen LogP contribution in [0.1, 0.15) is 31.1 Å². The molecule has 3 amide bonds. The highest BCUT2D eigenvalue weighted by Gasteiger charge is 2.31. The van der Waals surface area contributed by atoms with Crippen LogP contribution in [0.4, 0.5) is 9.80 Å². The van der Waals surface area contributed by atoms with Gasteiger partial charge < -0.3 is 10.2 Å². The lowest BCUT2D eigenvalue weighted by Crippen LogP contribution is -2.51. The molecular weight excluding hydrogens is 424 g/mol. The summed E-state index contributed by atoms with van der Waals surface area (Å²) in [6.45, 7) is 7.26. The number of anilines is 1. The molecule has 0 atom stereocenters. The van der Waals surface area contributed by atoms with Gasteiger partial charge in [-0.15, -0.1) is 11.3 Å². The maximum Gasteiger partial charge on any atom is 0.319 e. The van der Waals surface area contributed by atoms with Crippen LogP contribution in [-0.4, -0.2) is 68.0 Å². The van der Waals surface area contributed by atoms with Crippen molar-refractivity contribution in [3.63, 3.8) is 0 Å². The molecule has 1 aromatic heterocycles. The third-order valence-corrected chi connectivity index (χ3v) is 8.16. The number of benzene rings is 1. The third kappa shape index (κ3) is 4.93. The molecule has 3 rings (SSSR count). The zero-order valence-electron chi connectivity index (χ0n) is 17.5. The van der Waals surface area contributed by atoms with Gasteiger partial charge in [0.2, 0.25) is 10.0 Å². The van der Waals surface area contributed by atoms with Crippen LogP contribution in [0.2, 0.25) is 0 Å². The number of hydrogen-bond donors (Lipinski definition) is 2. The van der Waals surface area contributed by atoms with E-state index in [1.165, 1.54) is 15.6 Å². The number of fused-ring (bicyclic) bond motifs is 1. The van der Waals surface area contributed by atoms with Crippen LogP contribution in [-0.2, 0) is 10.0 Å². The standard InChI is InChI=1S/C20H28N4O4S2/c1-4-21-20(26)22-18-17(15-7-5-6-8-16(15)29-18)19(25)23-9-11-24(12-10-23)30(27,28)13-14(2)3/h5-8,14H,4,9-13H2,1-3H3,(H2,21,22,26). The Balaban J connectivity index is 1.81. The monoisotopic (exact) mass is 452 g/mol. The summed E-state index contributed by atoms with van der Waals surface area (Å²) in [5.74, 6) is -0.0358. The number of urea groups is 1. The van der Waals surface area contributed by atoms with Gasteiger partial charge in [-0.2, -0.15) is 4.31 Å². The number of amides is 3. The second-order valence-corrected chi connectivity index (χ2v) is 10.7. The summed E-state index contributed by atoms with van der Waals surface area (Å²) >= 11 is 1.36. The first-order valence-corrected chi connectivity index (χ1v) is 12.5. The number of rotatable bonds is 6. The number of sulfonamides is 1. The molecule has 30 heavy (non-hydrogen) atoms. The number of piperazine rings is 1. The largest absolute Gasteiger partial charge is 0.338 e. The quantitative estimate of drug-likeness (QED) is 0.704. The van der Waals surface area contributed by atoms with E-state index in [1.807, 2.05) is 45.0 Å². The Morgan fingerprint density at radius 1 is 1.13 bits per heavy atom. The summed E-state index contributed by atoms with van der Waals surface area (Å²) < 4.78 is 27.3. The predicted molar refractivity (Wildman–Crippen MR) is 121 cm³/mol. The van der Waals surface area contributed by atoms with Crippen molar-refractivity contribution in [3.05, 3.63) is 29.8 Å². The van der Waals surface area contributed by atoms with Crippen LogP contribution in [0.3, 0.4) is 0 Å². The van der Waals surface area contributed by atoms with Crippen molar-refractivity contribution in [2.45, 2.75) is 20.8 Å². The molecule has 0 spiro atoms. The Labute approximate surface area is 181 Å². The van der Waals surface area contributed by atoms with Crippen molar-refractivity contribution in [2.75, 3.05) is 43.8 Å². The van der Waals surface area contributed by atoms with Gasteiger partial charge in [-0.25, -0.2) is 13.2 Å². The minimum Gasteiger partial charge on any atom is -0.338 e. The highest BCUT2D eigenvalue weighted by atomic mass is 32.2. The van der Waals surface area contributed by atoms with Gasteiger partial charge >= 0.3 is 6.03 Å². The summed E-state index contributed by atoms with van der Waals surface area (Å²) in [4.78, 5) is 27.1. The average Bonchev–Trinajstić information content (AvgIpc) is 3.04. The summed E-state index contributed by atoms with van der Waals surface area (Å²) in [5.41, 5.74) is 0.459. The molecular formula is C20H28N4O4S2. The van der Waals surface area contributed by atoms with Crippen molar-refractivity contribution >= 4 is 48.4 Å². The smallest absolute Gasteiger partial charge is 0.319 e. The first-order valence-electron chi connectivity index (χ1n) is 10.1. The Bertz CT molecular complexity index is 1020. The molecule has 10 heteroatoms. The van der Waals surface area contributed by atoms with E-state index in [-0.39, 0.29) is 36.7 Å². The molecule has 1 aliphatic heterocycles. The molecule has 1 fully saturated rings. The second-order valence-electron chi connectivity index (χ2n) is 7.65. The predicted octanol–water partition coefficient (Wildman–Crippen LogP) is 2.79. The van der Waals surface area contributed by atoms with Gasteiger partial charge in [0.1, 0.15) is 5.00 Å². The van der Waals surface area contributed by atoms with Gasteiger partial charge in [-0.1, -0.05) is 32.0 Å². The van der Waals surface area contributed by atoms with Crippen molar-refractivity contribution < 1.29 is 18.0 Å². The minimum absolute atomic E-state index is 0.0507. The molecule has 0 aliphatic carbocycles. The summed E-state index contributed by atoms with van der Waals surface area (Å²) in [5, 5.41) is 6.76. The van der Waals surface area contributed by atoms with Crippen molar-refractivity contribution in [3.8, 4) is 0 Å². The first kappa shape index (κ1) is 22.5. The number of carbonyl (C=O) groups is 2. The Morgan fingerprint density at radius 2 is 1.80 bits per heavy atom. The van der Waals surface area contributed by atoms with E-state index in [1.54, 1.807) is 4.90 Å². The second kappa shape index (κ2) is 9.32. The van der Waals surface area contributed by atoms with Gasteiger partial charge in [-0.05, 0) is 18.9 Å². The average molecular weight is 453 g/mol. The van der Waals surface area contributed by atoms with E-state index >= 15 is 0 Å². The van der Waals surface area contributed by atoms with Crippen molar-refractivity contribution in [2.24, 2.45) is 5.92 Å². The van der Waals surface area contributed by atoms with Gasteiger partial charge in [0.05, 0.1) is 11.3 Å². The van der Waals surface area contributed by atoms with Crippen LogP contribution in [0.5, 0.6) is 0 Å². The SMILES string of the molecule is CCNC(=O)Nc1sc2ccccc2c1C(=O)N1CCN(S(=O)(=O)CC(C)C)CC1. The van der Waals surface area contributed by atoms with E-state index in [2.05, 4.69) is 10.6 Å². The summed E-state index contributed by atoms with van der Waals surface area (Å²) in [7, 11) is -3.32. The normalized spacial score (nSPS) is 15.5. The molecule has 1 aromatic carbocycles. The lowest BCUT2D eigenvalue weighted by atomic mass is 10.1. The maximum absolute atomic E-state index is 13.4. The number of hydrogen-bond acceptors (Lipinski definition) is 5. The van der Waals surface area contributed by atoms with Gasteiger partial charge in [0.25, 0.3) is 5.91 Å². The van der Waals surface area contributed by atoms with Crippen LogP contribution in [0, 0.1) is 5.92 Å². The highest BCUT2D eigenvalue weighted by molar-refractivity contribution is 7.89. The number of thiophene rings is 1. The van der Waals surface area contributed by atoms with Crippen LogP contribution in [0.15, 0.2) is 24.3 Å². The van der Waals surface area contributed by atoms with Gasteiger partial charge in [0, 0.05) is 42.8 Å². The fraction of sp³-hybridized carbons (Fsp3) is 0.500. The molecule has 0 saturated carbocycles. The summed E-state index contributed by atoms with van der Waals surface area (Å²) in [6.07, 6.45) is 0. The molecule has 8 nitrogen and oxygen atoms in total. The fourth-order valence-electron chi connectivity index (χ4n) is 3.51. The molecule has 0 radical (unpaired) electrons. The molecule has 164 valence electrons. The van der Waals surface area contributed by atoms with E-state index < -0.39 is 10.0 Å². The van der Waals surface area contributed by atoms with Crippen molar-refractivity contribution in [1.82, 2.24) is 14.5 Å². The molecule has 2 N–H and O–H groups in total. The minimum atomic E-state index is -3.32. The third-order valence-electron chi connectivity index (χ3n) is 4.84. The van der Waals surface area contributed by atoms with E-state index in [9.17, 15) is 18.0 Å². The zero-order chi connectivity index (χ0) is 21.9. The number of nitrogens with one attached hydrogen (secondary N) is 2. The van der Waals surface area contributed by atoms with Crippen LogP contribution in [0.25, 0.3) is 10.1 Å². The van der Waals surface area contributed by atoms with Crippen LogP contribution < -0.4 is 10.6 Å². The highest BCUT2D eigenvalue weighted by Crippen LogP contribution is 2.36. The van der Waals surface area contributed by atoms with Crippen molar-refractivity contribution in [1.29, 1.82) is 0 Å². The number of nitrogens with zero attached hydrogens (tertiary/aromatic N) is 2. The molecule has 1 aliphatic rings. The first-order chi connectivity index (χ1) is 14.2. The molecule has 2 aromatic rings. The Morgan fingerprint density at radius 3 is 2.43 bits per heavy atom. The Kier molecular flexibility index (Phi) is 6.99. The maximum atomic E-state index is 13.4. The topological polar surface area (TPSA) is 98.8 Å². The molecule has 1 saturated heterocycles. The van der Waals surface area contributed by atoms with E-state index in [4.69, 9.17) is 0 Å². The lowest BCUT2D eigenvalue weighted by Gasteiger charge is -2.34. The van der Waals surface area contributed by atoms with Crippen LogP contribution >= 0.6 is 11.3 Å². The van der Waals surface area contributed by atoms with E-state index in [0.717, 1.165) is 10.1 Å². The molecule has 2 heterocycles. The zero-order valence-corrected chi connectivity index (χ0v) is 19.1. The molecule has 0 unspecified atom stereocenters.